The molecule has 0 aliphatic carbocycles. The van der Waals surface area contributed by atoms with Crippen LogP contribution >= 0.6 is 0 Å². The van der Waals surface area contributed by atoms with Crippen molar-refractivity contribution in [3.63, 3.8) is 0 Å². The van der Waals surface area contributed by atoms with E-state index in [-0.39, 0.29) is 5.56 Å². The third kappa shape index (κ3) is 3.35. The van der Waals surface area contributed by atoms with E-state index in [2.05, 4.69) is 0 Å². The Morgan fingerprint density at radius 2 is 1.55 bits per heavy atom. The van der Waals surface area contributed by atoms with E-state index < -0.39 is 11.7 Å². The van der Waals surface area contributed by atoms with Gasteiger partial charge in [-0.15, -0.1) is 0 Å². The van der Waals surface area contributed by atoms with Gasteiger partial charge < -0.3 is 0 Å². The van der Waals surface area contributed by atoms with E-state index in [0.717, 1.165) is 17.7 Å². The molecule has 0 heterocycles. The molecule has 0 fully saturated rings. The van der Waals surface area contributed by atoms with Gasteiger partial charge in [0.15, 0.2) is 6.29 Å². The second kappa shape index (κ2) is 5.74. The summed E-state index contributed by atoms with van der Waals surface area (Å²) in [6.45, 7) is 0. The third-order valence-electron chi connectivity index (χ3n) is 2.80. The van der Waals surface area contributed by atoms with Crippen molar-refractivity contribution in [2.24, 2.45) is 0 Å². The lowest BCUT2D eigenvalue weighted by atomic mass is 10.0. The molecule has 4 heteroatoms. The first-order chi connectivity index (χ1) is 9.50. The summed E-state index contributed by atoms with van der Waals surface area (Å²) in [6.07, 6.45) is -0.645. The molecule has 0 amide bonds. The summed E-state index contributed by atoms with van der Waals surface area (Å²) in [5, 5.41) is 0. The summed E-state index contributed by atoms with van der Waals surface area (Å²) in [5.74, 6) is 0. The zero-order valence-electron chi connectivity index (χ0n) is 10.4. The molecule has 0 aliphatic heterocycles. The van der Waals surface area contributed by atoms with Gasteiger partial charge in [-0.3, -0.25) is 4.79 Å². The fraction of sp³-hybridized carbons (Fsp3) is 0.0625. The lowest BCUT2D eigenvalue weighted by molar-refractivity contribution is -0.137. The van der Waals surface area contributed by atoms with Gasteiger partial charge in [0.2, 0.25) is 0 Å². The highest BCUT2D eigenvalue weighted by Crippen LogP contribution is 2.30. The highest BCUT2D eigenvalue weighted by Gasteiger charge is 2.30. The second-order valence-electron chi connectivity index (χ2n) is 4.20. The lowest BCUT2D eigenvalue weighted by Gasteiger charge is -2.08. The van der Waals surface area contributed by atoms with Crippen LogP contribution in [0.2, 0.25) is 0 Å². The molecule has 0 radical (unpaired) electrons. The van der Waals surface area contributed by atoms with Crippen molar-refractivity contribution in [2.75, 3.05) is 0 Å². The summed E-state index contributed by atoms with van der Waals surface area (Å²) >= 11 is 0. The van der Waals surface area contributed by atoms with Crippen molar-refractivity contribution < 1.29 is 18.0 Å². The van der Waals surface area contributed by atoms with Gasteiger partial charge in [0, 0.05) is 5.56 Å². The van der Waals surface area contributed by atoms with E-state index in [1.54, 1.807) is 12.2 Å². The van der Waals surface area contributed by atoms with Crippen LogP contribution in [-0.4, -0.2) is 6.29 Å². The van der Waals surface area contributed by atoms with Crippen LogP contribution < -0.4 is 0 Å². The first kappa shape index (κ1) is 14.1. The van der Waals surface area contributed by atoms with Crippen LogP contribution in [0.5, 0.6) is 0 Å². The van der Waals surface area contributed by atoms with Crippen LogP contribution in [0.1, 0.15) is 27.0 Å². The molecule has 2 rings (SSSR count). The molecular weight excluding hydrogens is 265 g/mol. The van der Waals surface area contributed by atoms with E-state index in [0.29, 0.717) is 11.8 Å². The van der Waals surface area contributed by atoms with Crippen molar-refractivity contribution in [1.82, 2.24) is 0 Å². The number of rotatable bonds is 3. The molecule has 1 nitrogen and oxygen atoms in total. The van der Waals surface area contributed by atoms with Crippen LogP contribution in [0.25, 0.3) is 12.2 Å². The lowest BCUT2D eigenvalue weighted by Crippen LogP contribution is -2.05. The molecule has 0 atom stereocenters. The van der Waals surface area contributed by atoms with Gasteiger partial charge in [-0.25, -0.2) is 0 Å². The molecule has 0 bridgehead atoms. The standard InChI is InChI=1S/C16H11F3O/c17-16(18,19)15-9-8-13(14(10-15)11-20)7-6-12-4-2-1-3-5-12/h1-11H/b7-6+. The van der Waals surface area contributed by atoms with E-state index in [4.69, 9.17) is 0 Å². The van der Waals surface area contributed by atoms with Crippen molar-refractivity contribution >= 4 is 18.4 Å². The Labute approximate surface area is 114 Å². The monoisotopic (exact) mass is 276 g/mol. The van der Waals surface area contributed by atoms with Crippen LogP contribution in [0.4, 0.5) is 13.2 Å². The Balaban J connectivity index is 2.33. The van der Waals surface area contributed by atoms with Crippen molar-refractivity contribution in [3.8, 4) is 0 Å². The van der Waals surface area contributed by atoms with Crippen LogP contribution in [0.15, 0.2) is 48.5 Å². The summed E-state index contributed by atoms with van der Waals surface area (Å²) in [6, 6.07) is 12.4. The predicted octanol–water partition coefficient (Wildman–Crippen LogP) is 4.69. The van der Waals surface area contributed by atoms with Crippen LogP contribution in [0.3, 0.4) is 0 Å². The fourth-order valence-electron chi connectivity index (χ4n) is 1.76. The topological polar surface area (TPSA) is 17.1 Å². The van der Waals surface area contributed by atoms with E-state index >= 15 is 0 Å². The molecule has 0 saturated carbocycles. The van der Waals surface area contributed by atoms with Gasteiger partial charge in [0.1, 0.15) is 0 Å². The maximum absolute atomic E-state index is 12.6. The quantitative estimate of drug-likeness (QED) is 0.587. The first-order valence-electron chi connectivity index (χ1n) is 5.90. The number of carbonyl (C=O) groups excluding carboxylic acids is 1. The molecule has 0 aromatic heterocycles. The molecule has 20 heavy (non-hydrogen) atoms. The largest absolute Gasteiger partial charge is 0.416 e. The first-order valence-corrected chi connectivity index (χ1v) is 5.90. The average molecular weight is 276 g/mol. The average Bonchev–Trinajstić information content (AvgIpc) is 2.45. The molecule has 0 saturated heterocycles. The molecule has 0 spiro atoms. The van der Waals surface area contributed by atoms with Gasteiger partial charge in [-0.05, 0) is 23.3 Å². The summed E-state index contributed by atoms with van der Waals surface area (Å²) in [4.78, 5) is 10.9. The highest BCUT2D eigenvalue weighted by molar-refractivity contribution is 5.85. The SMILES string of the molecule is O=Cc1cc(C(F)(F)F)ccc1/C=C/c1ccccc1. The fourth-order valence-corrected chi connectivity index (χ4v) is 1.76. The highest BCUT2D eigenvalue weighted by atomic mass is 19.4. The summed E-state index contributed by atoms with van der Waals surface area (Å²) in [5.41, 5.74) is 0.560. The van der Waals surface area contributed by atoms with Crippen molar-refractivity contribution in [1.29, 1.82) is 0 Å². The molecule has 0 N–H and O–H groups in total. The molecule has 102 valence electrons. The molecule has 0 aliphatic rings. The predicted molar refractivity (Wildman–Crippen MR) is 72.2 cm³/mol. The number of hydrogen-bond donors (Lipinski definition) is 0. The van der Waals surface area contributed by atoms with E-state index in [1.807, 2.05) is 30.3 Å². The molecule has 2 aromatic rings. The zero-order chi connectivity index (χ0) is 14.6. The van der Waals surface area contributed by atoms with E-state index in [1.165, 1.54) is 6.07 Å². The van der Waals surface area contributed by atoms with Gasteiger partial charge >= 0.3 is 6.18 Å². The van der Waals surface area contributed by atoms with Gasteiger partial charge in [-0.2, -0.15) is 13.2 Å². The Morgan fingerprint density at radius 3 is 2.15 bits per heavy atom. The number of hydrogen-bond acceptors (Lipinski definition) is 1. The maximum atomic E-state index is 12.6. The normalized spacial score (nSPS) is 11.8. The number of benzene rings is 2. The van der Waals surface area contributed by atoms with Gasteiger partial charge in [0.05, 0.1) is 5.56 Å². The van der Waals surface area contributed by atoms with E-state index in [9.17, 15) is 18.0 Å². The molecule has 0 unspecified atom stereocenters. The maximum Gasteiger partial charge on any atom is 0.416 e. The summed E-state index contributed by atoms with van der Waals surface area (Å²) < 4.78 is 37.7. The number of halogens is 3. The second-order valence-corrected chi connectivity index (χ2v) is 4.20. The third-order valence-corrected chi connectivity index (χ3v) is 2.80. The van der Waals surface area contributed by atoms with Crippen molar-refractivity contribution in [3.05, 3.63) is 70.8 Å². The number of alkyl halides is 3. The Kier molecular flexibility index (Phi) is 4.03. The Hall–Kier alpha value is -2.36. The van der Waals surface area contributed by atoms with Gasteiger partial charge in [-0.1, -0.05) is 48.6 Å². The van der Waals surface area contributed by atoms with Gasteiger partial charge in [0.25, 0.3) is 0 Å². The number of aldehydes is 1. The van der Waals surface area contributed by atoms with Crippen molar-refractivity contribution in [2.45, 2.75) is 6.18 Å². The van der Waals surface area contributed by atoms with Crippen LogP contribution in [-0.2, 0) is 6.18 Å². The Morgan fingerprint density at radius 1 is 0.850 bits per heavy atom. The molecule has 2 aromatic carbocycles. The smallest absolute Gasteiger partial charge is 0.298 e. The van der Waals surface area contributed by atoms with Crippen LogP contribution in [0, 0.1) is 0 Å². The number of carbonyl (C=O) groups is 1. The summed E-state index contributed by atoms with van der Waals surface area (Å²) in [7, 11) is 0. The Bertz CT molecular complexity index is 628. The molecular formula is C16H11F3O. The minimum Gasteiger partial charge on any atom is -0.298 e. The minimum absolute atomic E-state index is 0.0204. The minimum atomic E-state index is -4.45. The zero-order valence-corrected chi connectivity index (χ0v) is 10.4.